The lowest BCUT2D eigenvalue weighted by molar-refractivity contribution is 1.07. The monoisotopic (exact) mass is 802 g/mol. The minimum Gasteiger partial charge on any atom is -0.309 e. The molecule has 10 aromatic carbocycles. The first-order valence-corrected chi connectivity index (χ1v) is 21.3. The fourth-order valence-electron chi connectivity index (χ4n) is 9.06. The molecule has 0 amide bonds. The van der Waals surface area contributed by atoms with Gasteiger partial charge in [-0.05, 0) is 97.4 Å². The van der Waals surface area contributed by atoms with Crippen LogP contribution in [0.5, 0.6) is 0 Å². The zero-order chi connectivity index (χ0) is 41.7. The molecule has 0 aliphatic carbocycles. The van der Waals surface area contributed by atoms with Crippen LogP contribution < -0.4 is 0 Å². The van der Waals surface area contributed by atoms with Crippen molar-refractivity contribution in [3.63, 3.8) is 0 Å². The van der Waals surface area contributed by atoms with E-state index in [1.165, 1.54) is 60.2 Å². The molecule has 4 nitrogen and oxygen atoms in total. The van der Waals surface area contributed by atoms with Crippen LogP contribution >= 0.6 is 0 Å². The van der Waals surface area contributed by atoms with Crippen molar-refractivity contribution in [3.05, 3.63) is 231 Å². The summed E-state index contributed by atoms with van der Waals surface area (Å²) in [6.45, 7) is 0. The van der Waals surface area contributed by atoms with Crippen molar-refractivity contribution >= 4 is 43.4 Å². The third-order valence-corrected chi connectivity index (χ3v) is 12.2. The molecule has 0 radical (unpaired) electrons. The minimum absolute atomic E-state index is 0.634. The molecule has 0 spiro atoms. The van der Waals surface area contributed by atoms with E-state index < -0.39 is 0 Å². The molecule has 63 heavy (non-hydrogen) atoms. The molecular formula is C59H38N4. The predicted octanol–water partition coefficient (Wildman–Crippen LogP) is 15.3. The molecule has 0 saturated heterocycles. The number of fused-ring (bicyclic) bond motifs is 5. The van der Waals surface area contributed by atoms with E-state index in [0.29, 0.717) is 17.5 Å². The molecule has 12 aromatic rings. The second-order valence-electron chi connectivity index (χ2n) is 16.1. The van der Waals surface area contributed by atoms with E-state index in [2.05, 4.69) is 199 Å². The SMILES string of the molecule is c1ccc(-c2ccc3cc(-c4nc(-c5ccccc5)nc(-c5ccc(-c6ccc(-n7c8ccccc8c8cc(-c9cccc%10ccccc9%10)ccc87)cc6)cc5)n4)ccc3c2)cc1. The Morgan fingerprint density at radius 1 is 0.254 bits per heavy atom. The molecule has 0 bridgehead atoms. The summed E-state index contributed by atoms with van der Waals surface area (Å²) < 4.78 is 2.38. The molecule has 0 aliphatic rings. The standard InChI is InChI=1S/C59H38N4/c1-3-12-39(13-4-1)45-26-27-47-37-49(29-28-46(47)36-45)59-61-57(43-15-5-2-6-16-43)60-58(62-59)44-24-22-40(23-25-44)41-30-33-50(34-31-41)63-55-21-10-9-19-53(55)54-38-48(32-35-56(54)63)52-20-11-17-42-14-7-8-18-51(42)52/h1-38H. The Kier molecular flexibility index (Phi) is 8.79. The minimum atomic E-state index is 0.634. The second kappa shape index (κ2) is 15.2. The van der Waals surface area contributed by atoms with Crippen LogP contribution in [0.3, 0.4) is 0 Å². The van der Waals surface area contributed by atoms with Gasteiger partial charge in [-0.3, -0.25) is 0 Å². The average molecular weight is 803 g/mol. The molecule has 0 atom stereocenters. The van der Waals surface area contributed by atoms with Crippen LogP contribution in [-0.2, 0) is 0 Å². The van der Waals surface area contributed by atoms with E-state index in [-0.39, 0.29) is 0 Å². The molecule has 4 heteroatoms. The van der Waals surface area contributed by atoms with Crippen LogP contribution in [0.15, 0.2) is 231 Å². The van der Waals surface area contributed by atoms with E-state index in [0.717, 1.165) is 38.9 Å². The van der Waals surface area contributed by atoms with Gasteiger partial charge in [0.15, 0.2) is 17.5 Å². The number of rotatable bonds is 7. The number of hydrogen-bond donors (Lipinski definition) is 0. The van der Waals surface area contributed by atoms with E-state index in [1.54, 1.807) is 0 Å². The molecule has 0 fully saturated rings. The molecule has 0 aliphatic heterocycles. The Bertz CT molecular complexity index is 3640. The first-order chi connectivity index (χ1) is 31.2. The van der Waals surface area contributed by atoms with Crippen LogP contribution in [0.1, 0.15) is 0 Å². The van der Waals surface area contributed by atoms with Crippen molar-refractivity contribution in [3.8, 4) is 73.2 Å². The lowest BCUT2D eigenvalue weighted by Crippen LogP contribution is -2.00. The summed E-state index contributed by atoms with van der Waals surface area (Å²) in [7, 11) is 0. The number of benzene rings is 10. The number of nitrogens with zero attached hydrogens (tertiary/aromatic N) is 4. The first-order valence-electron chi connectivity index (χ1n) is 21.3. The van der Waals surface area contributed by atoms with E-state index in [4.69, 9.17) is 15.0 Å². The molecule has 2 heterocycles. The van der Waals surface area contributed by atoms with Crippen molar-refractivity contribution in [2.75, 3.05) is 0 Å². The van der Waals surface area contributed by atoms with Crippen LogP contribution in [0.2, 0.25) is 0 Å². The van der Waals surface area contributed by atoms with Gasteiger partial charge in [0.05, 0.1) is 11.0 Å². The summed E-state index contributed by atoms with van der Waals surface area (Å²) in [6.07, 6.45) is 0. The van der Waals surface area contributed by atoms with Gasteiger partial charge >= 0.3 is 0 Å². The Hall–Kier alpha value is -8.47. The lowest BCUT2D eigenvalue weighted by Gasteiger charge is -2.11. The van der Waals surface area contributed by atoms with Crippen LogP contribution in [0, 0.1) is 0 Å². The van der Waals surface area contributed by atoms with Gasteiger partial charge in [-0.15, -0.1) is 0 Å². The second-order valence-corrected chi connectivity index (χ2v) is 16.1. The third-order valence-electron chi connectivity index (χ3n) is 12.2. The zero-order valence-corrected chi connectivity index (χ0v) is 34.2. The third kappa shape index (κ3) is 6.62. The molecule has 12 rings (SSSR count). The zero-order valence-electron chi connectivity index (χ0n) is 34.2. The maximum Gasteiger partial charge on any atom is 0.164 e. The van der Waals surface area contributed by atoms with E-state index in [1.807, 2.05) is 36.4 Å². The van der Waals surface area contributed by atoms with Gasteiger partial charge in [0, 0.05) is 33.2 Å². The van der Waals surface area contributed by atoms with E-state index in [9.17, 15) is 0 Å². The fourth-order valence-corrected chi connectivity index (χ4v) is 9.06. The van der Waals surface area contributed by atoms with Gasteiger partial charge in [0.25, 0.3) is 0 Å². The maximum atomic E-state index is 5.07. The van der Waals surface area contributed by atoms with Crippen molar-refractivity contribution in [2.45, 2.75) is 0 Å². The predicted molar refractivity (Wildman–Crippen MR) is 262 cm³/mol. The van der Waals surface area contributed by atoms with Crippen LogP contribution in [0.25, 0.3) is 117 Å². The summed E-state index contributed by atoms with van der Waals surface area (Å²) in [5.41, 5.74) is 13.4. The number of para-hydroxylation sites is 1. The Morgan fingerprint density at radius 2 is 0.730 bits per heavy atom. The van der Waals surface area contributed by atoms with Gasteiger partial charge in [0.2, 0.25) is 0 Å². The molecule has 0 saturated carbocycles. The summed E-state index contributed by atoms with van der Waals surface area (Å²) in [4.78, 5) is 15.1. The summed E-state index contributed by atoms with van der Waals surface area (Å²) in [6, 6.07) is 81.9. The summed E-state index contributed by atoms with van der Waals surface area (Å²) in [5.74, 6) is 1.92. The van der Waals surface area contributed by atoms with Crippen molar-refractivity contribution in [1.82, 2.24) is 19.5 Å². The molecular weight excluding hydrogens is 765 g/mol. The average Bonchev–Trinajstić information content (AvgIpc) is 3.70. The summed E-state index contributed by atoms with van der Waals surface area (Å²) >= 11 is 0. The van der Waals surface area contributed by atoms with Crippen LogP contribution in [-0.4, -0.2) is 19.5 Å². The van der Waals surface area contributed by atoms with Crippen molar-refractivity contribution in [1.29, 1.82) is 0 Å². The lowest BCUT2D eigenvalue weighted by atomic mass is 9.97. The Morgan fingerprint density at radius 3 is 1.46 bits per heavy atom. The highest BCUT2D eigenvalue weighted by Crippen LogP contribution is 2.38. The topological polar surface area (TPSA) is 43.6 Å². The Labute approximate surface area is 365 Å². The highest BCUT2D eigenvalue weighted by Gasteiger charge is 2.16. The van der Waals surface area contributed by atoms with Gasteiger partial charge in [-0.25, -0.2) is 15.0 Å². The normalized spacial score (nSPS) is 11.5. The van der Waals surface area contributed by atoms with Gasteiger partial charge in [-0.2, -0.15) is 0 Å². The number of aromatic nitrogens is 4. The maximum absolute atomic E-state index is 5.07. The first kappa shape index (κ1) is 36.4. The van der Waals surface area contributed by atoms with Crippen molar-refractivity contribution in [2.24, 2.45) is 0 Å². The van der Waals surface area contributed by atoms with Gasteiger partial charge in [0.1, 0.15) is 0 Å². The fraction of sp³-hybridized carbons (Fsp3) is 0. The van der Waals surface area contributed by atoms with Crippen molar-refractivity contribution < 1.29 is 0 Å². The largest absolute Gasteiger partial charge is 0.309 e. The molecule has 2 aromatic heterocycles. The molecule has 294 valence electrons. The Balaban J connectivity index is 0.870. The molecule has 0 unspecified atom stereocenters. The summed E-state index contributed by atoms with van der Waals surface area (Å²) in [5, 5.41) is 7.30. The smallest absolute Gasteiger partial charge is 0.164 e. The molecule has 0 N–H and O–H groups in total. The van der Waals surface area contributed by atoms with E-state index >= 15 is 0 Å². The quantitative estimate of drug-likeness (QED) is 0.161. The highest BCUT2D eigenvalue weighted by atomic mass is 15.0. The van der Waals surface area contributed by atoms with Crippen LogP contribution in [0.4, 0.5) is 0 Å². The van der Waals surface area contributed by atoms with Gasteiger partial charge < -0.3 is 4.57 Å². The number of hydrogen-bond acceptors (Lipinski definition) is 3. The highest BCUT2D eigenvalue weighted by molar-refractivity contribution is 6.11. The van der Waals surface area contributed by atoms with Gasteiger partial charge in [-0.1, -0.05) is 188 Å².